The van der Waals surface area contributed by atoms with Gasteiger partial charge in [-0.25, -0.2) is 15.0 Å². The van der Waals surface area contributed by atoms with Gasteiger partial charge < -0.3 is 19.9 Å². The highest BCUT2D eigenvalue weighted by molar-refractivity contribution is 7.99. The van der Waals surface area contributed by atoms with Crippen molar-refractivity contribution in [3.8, 4) is 11.1 Å². The van der Waals surface area contributed by atoms with Gasteiger partial charge in [-0.1, -0.05) is 96.7 Å². The van der Waals surface area contributed by atoms with E-state index < -0.39 is 6.29 Å². The van der Waals surface area contributed by atoms with Crippen molar-refractivity contribution in [1.82, 2.24) is 25.3 Å². The number of aromatic nitrogens is 4. The summed E-state index contributed by atoms with van der Waals surface area (Å²) < 4.78 is 13.0. The molecule has 48 heavy (non-hydrogen) atoms. The lowest BCUT2D eigenvalue weighted by atomic mass is 9.97. The fourth-order valence-electron chi connectivity index (χ4n) is 5.66. The quantitative estimate of drug-likeness (QED) is 0.121. The first-order valence-corrected chi connectivity index (χ1v) is 16.7. The minimum Gasteiger partial charge on any atom is -0.392 e. The van der Waals surface area contributed by atoms with Gasteiger partial charge in [-0.15, -0.1) is 0 Å². The molecule has 3 heterocycles. The Balaban J connectivity index is 1.07. The number of carbonyl (C=O) groups is 1. The number of rotatable bonds is 10. The van der Waals surface area contributed by atoms with Crippen LogP contribution in [0.25, 0.3) is 22.2 Å². The fraction of sp³-hybridized carbons (Fsp3) is 0.184. The van der Waals surface area contributed by atoms with E-state index in [2.05, 4.69) is 37.4 Å². The highest BCUT2D eigenvalue weighted by Crippen LogP contribution is 2.39. The van der Waals surface area contributed by atoms with Gasteiger partial charge in [-0.3, -0.25) is 9.78 Å². The van der Waals surface area contributed by atoms with Gasteiger partial charge in [0.1, 0.15) is 5.69 Å². The summed E-state index contributed by atoms with van der Waals surface area (Å²) in [7, 11) is 0. The van der Waals surface area contributed by atoms with E-state index in [-0.39, 0.29) is 30.4 Å². The van der Waals surface area contributed by atoms with E-state index in [1.54, 1.807) is 30.2 Å². The van der Waals surface area contributed by atoms with Gasteiger partial charge in [-0.05, 0) is 46.0 Å². The van der Waals surface area contributed by atoms with Crippen LogP contribution in [0.4, 0.5) is 0 Å². The SMILES string of the molecule is O=C(NCc1ccccc1-c1ccc([C@H]2O[C@@H](CSc3ncccn3)C[C@@H](c3ccc(CO)cc3)O2)cc1)c1cnc2ccccc2n1. The van der Waals surface area contributed by atoms with Gasteiger partial charge in [0.2, 0.25) is 0 Å². The van der Waals surface area contributed by atoms with Gasteiger partial charge in [0.15, 0.2) is 11.4 Å². The number of nitrogens with one attached hydrogen (secondary N) is 1. The van der Waals surface area contributed by atoms with Crippen LogP contribution in [0.5, 0.6) is 0 Å². The first-order chi connectivity index (χ1) is 23.6. The van der Waals surface area contributed by atoms with E-state index in [0.717, 1.165) is 38.9 Å². The molecule has 0 saturated carbocycles. The van der Waals surface area contributed by atoms with E-state index in [1.165, 1.54) is 6.20 Å². The number of fused-ring (bicyclic) bond motifs is 1. The van der Waals surface area contributed by atoms with Gasteiger partial charge in [0.25, 0.3) is 5.91 Å². The van der Waals surface area contributed by atoms with Crippen molar-refractivity contribution in [3.63, 3.8) is 0 Å². The number of ether oxygens (including phenoxy) is 2. The van der Waals surface area contributed by atoms with E-state index in [0.29, 0.717) is 29.4 Å². The maximum Gasteiger partial charge on any atom is 0.271 e. The van der Waals surface area contributed by atoms with Gasteiger partial charge in [-0.2, -0.15) is 0 Å². The fourth-order valence-corrected chi connectivity index (χ4v) is 6.48. The molecule has 1 fully saturated rings. The van der Waals surface area contributed by atoms with Crippen molar-refractivity contribution in [2.75, 3.05) is 5.75 Å². The lowest BCUT2D eigenvalue weighted by Crippen LogP contribution is -2.31. The number of para-hydroxylation sites is 2. The monoisotopic (exact) mass is 655 g/mol. The molecule has 0 unspecified atom stereocenters. The lowest BCUT2D eigenvalue weighted by Gasteiger charge is -2.36. The van der Waals surface area contributed by atoms with Crippen molar-refractivity contribution in [3.05, 3.63) is 150 Å². The largest absolute Gasteiger partial charge is 0.392 e. The van der Waals surface area contributed by atoms with Crippen LogP contribution in [-0.2, 0) is 22.6 Å². The standard InChI is InChI=1S/C38H33N5O4S/c44-23-25-10-12-27(13-11-25)35-20-30(24-48-38-39-18-5-19-40-38)46-37(47-35)28-16-14-26(15-17-28)31-7-2-1-6-29(31)21-42-36(45)34-22-41-32-8-3-4-9-33(32)43-34/h1-19,22,30,35,37,44H,20-21,23-24H2,(H,42,45)/t30-,35+,37+/m1/s1. The van der Waals surface area contributed by atoms with E-state index >= 15 is 0 Å². The van der Waals surface area contributed by atoms with Crippen molar-refractivity contribution >= 4 is 28.7 Å². The summed E-state index contributed by atoms with van der Waals surface area (Å²) in [6.45, 7) is 0.330. The molecule has 0 spiro atoms. The average Bonchev–Trinajstić information content (AvgIpc) is 3.16. The Morgan fingerprint density at radius 3 is 2.33 bits per heavy atom. The number of benzene rings is 4. The Labute approximate surface area is 282 Å². The van der Waals surface area contributed by atoms with Crippen LogP contribution < -0.4 is 5.32 Å². The number of hydrogen-bond donors (Lipinski definition) is 2. The molecule has 2 aromatic heterocycles. The maximum atomic E-state index is 13.0. The molecule has 6 aromatic rings. The molecule has 10 heteroatoms. The predicted molar refractivity (Wildman–Crippen MR) is 184 cm³/mol. The Hall–Kier alpha value is -5.00. The van der Waals surface area contributed by atoms with Crippen LogP contribution in [0.15, 0.2) is 127 Å². The number of aliphatic hydroxyl groups is 1. The number of thioether (sulfide) groups is 1. The zero-order chi connectivity index (χ0) is 32.7. The van der Waals surface area contributed by atoms with Crippen LogP contribution in [0.2, 0.25) is 0 Å². The maximum absolute atomic E-state index is 13.0. The second-order valence-corrected chi connectivity index (χ2v) is 12.4. The highest BCUT2D eigenvalue weighted by Gasteiger charge is 2.32. The molecule has 2 N–H and O–H groups in total. The topological polar surface area (TPSA) is 119 Å². The number of hydrogen-bond acceptors (Lipinski definition) is 9. The van der Waals surface area contributed by atoms with Crippen LogP contribution >= 0.6 is 11.8 Å². The Bertz CT molecular complexity index is 1990. The van der Waals surface area contributed by atoms with E-state index in [1.807, 2.05) is 84.9 Å². The molecule has 9 nitrogen and oxygen atoms in total. The Morgan fingerprint density at radius 2 is 1.54 bits per heavy atom. The molecular formula is C38H33N5O4S. The van der Waals surface area contributed by atoms with E-state index in [9.17, 15) is 9.90 Å². The smallest absolute Gasteiger partial charge is 0.271 e. The zero-order valence-corrected chi connectivity index (χ0v) is 26.8. The first-order valence-electron chi connectivity index (χ1n) is 15.7. The van der Waals surface area contributed by atoms with Crippen LogP contribution in [0.1, 0.15) is 51.6 Å². The summed E-state index contributed by atoms with van der Waals surface area (Å²) in [6.07, 6.45) is 4.80. The predicted octanol–water partition coefficient (Wildman–Crippen LogP) is 6.85. The molecule has 1 amide bonds. The Kier molecular flexibility index (Phi) is 9.76. The second-order valence-electron chi connectivity index (χ2n) is 11.4. The van der Waals surface area contributed by atoms with Crippen LogP contribution in [0, 0.1) is 0 Å². The zero-order valence-electron chi connectivity index (χ0n) is 26.0. The Morgan fingerprint density at radius 1 is 0.812 bits per heavy atom. The number of nitrogens with zero attached hydrogens (tertiary/aromatic N) is 4. The molecule has 1 aliphatic rings. The minimum absolute atomic E-state index is 0.00509. The van der Waals surface area contributed by atoms with Gasteiger partial charge in [0.05, 0.1) is 36.0 Å². The summed E-state index contributed by atoms with van der Waals surface area (Å²) in [6, 6.07) is 33.3. The van der Waals surface area contributed by atoms with Crippen molar-refractivity contribution in [2.45, 2.75) is 43.2 Å². The van der Waals surface area contributed by atoms with Gasteiger partial charge >= 0.3 is 0 Å². The first kappa shape index (κ1) is 31.6. The summed E-state index contributed by atoms with van der Waals surface area (Å²) in [4.78, 5) is 30.5. The molecule has 0 bridgehead atoms. The summed E-state index contributed by atoms with van der Waals surface area (Å²) >= 11 is 1.56. The van der Waals surface area contributed by atoms with Crippen molar-refractivity contribution in [2.24, 2.45) is 0 Å². The molecule has 1 aliphatic heterocycles. The van der Waals surface area contributed by atoms with Crippen LogP contribution in [-0.4, -0.2) is 42.8 Å². The number of aliphatic hydroxyl groups excluding tert-OH is 1. The third kappa shape index (κ3) is 7.42. The van der Waals surface area contributed by atoms with E-state index in [4.69, 9.17) is 9.47 Å². The third-order valence-electron chi connectivity index (χ3n) is 8.19. The second kappa shape index (κ2) is 14.8. The molecule has 7 rings (SSSR count). The molecular weight excluding hydrogens is 623 g/mol. The summed E-state index contributed by atoms with van der Waals surface area (Å²) in [5.74, 6) is 0.397. The number of carbonyl (C=O) groups excluding carboxylic acids is 1. The lowest BCUT2D eigenvalue weighted by molar-refractivity contribution is -0.245. The minimum atomic E-state index is -0.574. The molecule has 240 valence electrons. The average molecular weight is 656 g/mol. The highest BCUT2D eigenvalue weighted by atomic mass is 32.2. The third-order valence-corrected chi connectivity index (χ3v) is 9.19. The summed E-state index contributed by atoms with van der Waals surface area (Å²) in [5, 5.41) is 13.2. The molecule has 4 aromatic carbocycles. The van der Waals surface area contributed by atoms with Gasteiger partial charge in [0, 0.05) is 36.7 Å². The molecule has 3 atom stereocenters. The number of amides is 1. The normalized spacial score (nSPS) is 17.6. The molecule has 0 radical (unpaired) electrons. The van der Waals surface area contributed by atoms with Crippen LogP contribution in [0.3, 0.4) is 0 Å². The van der Waals surface area contributed by atoms with Crippen molar-refractivity contribution in [1.29, 1.82) is 0 Å². The summed E-state index contributed by atoms with van der Waals surface area (Å²) in [5.41, 5.74) is 7.49. The van der Waals surface area contributed by atoms with Crippen molar-refractivity contribution < 1.29 is 19.4 Å². The molecule has 1 saturated heterocycles. The molecule has 0 aliphatic carbocycles.